The van der Waals surface area contributed by atoms with E-state index in [4.69, 9.17) is 4.74 Å². The molecule has 31 heavy (non-hydrogen) atoms. The van der Waals surface area contributed by atoms with Crippen molar-refractivity contribution >= 4 is 10.0 Å². The van der Waals surface area contributed by atoms with Crippen LogP contribution in [0, 0.1) is 5.92 Å². The zero-order valence-electron chi connectivity index (χ0n) is 18.3. The Morgan fingerprint density at radius 1 is 1.03 bits per heavy atom. The minimum absolute atomic E-state index is 0.0923. The summed E-state index contributed by atoms with van der Waals surface area (Å²) in [6.45, 7) is 6.58. The molecule has 1 aromatic heterocycles. The zero-order valence-corrected chi connectivity index (χ0v) is 19.1. The van der Waals surface area contributed by atoms with Gasteiger partial charge in [0, 0.05) is 45.0 Å². The second kappa shape index (κ2) is 9.14. The maximum Gasteiger partial charge on any atom is 0.293 e. The van der Waals surface area contributed by atoms with Gasteiger partial charge in [0.15, 0.2) is 5.75 Å². The topological polar surface area (TPSA) is 71.8 Å². The maximum absolute atomic E-state index is 13.0. The molecular weight excluding hydrogens is 414 g/mol. The van der Waals surface area contributed by atoms with Gasteiger partial charge in [-0.15, -0.1) is 0 Å². The fraction of sp³-hybridized carbons (Fsp3) is 0.522. The Morgan fingerprint density at radius 3 is 2.26 bits per heavy atom. The van der Waals surface area contributed by atoms with Crippen LogP contribution in [-0.2, 0) is 36.2 Å². The summed E-state index contributed by atoms with van der Waals surface area (Å²) in [4.78, 5) is 15.3. The van der Waals surface area contributed by atoms with Gasteiger partial charge in [0.05, 0.1) is 12.9 Å². The highest BCUT2D eigenvalue weighted by Gasteiger charge is 2.26. The van der Waals surface area contributed by atoms with Crippen LogP contribution in [0.3, 0.4) is 0 Å². The molecule has 7 nitrogen and oxygen atoms in total. The van der Waals surface area contributed by atoms with Crippen LogP contribution in [0.5, 0.6) is 5.75 Å². The summed E-state index contributed by atoms with van der Waals surface area (Å²) in [5.74, 6) is 0.635. The molecule has 2 aliphatic rings. The number of hydrogen-bond acceptors (Lipinski definition) is 5. The van der Waals surface area contributed by atoms with Gasteiger partial charge in [-0.25, -0.2) is 12.7 Å². The number of benzene rings is 1. The normalized spacial score (nSPS) is 18.3. The third kappa shape index (κ3) is 5.02. The van der Waals surface area contributed by atoms with Gasteiger partial charge in [-0.2, -0.15) is 0 Å². The first-order valence-electron chi connectivity index (χ1n) is 10.9. The minimum atomic E-state index is -3.13. The molecule has 0 atom stereocenters. The summed E-state index contributed by atoms with van der Waals surface area (Å²) in [5, 5.41) is 0. The van der Waals surface area contributed by atoms with Crippen LogP contribution in [-0.4, -0.2) is 48.1 Å². The first-order chi connectivity index (χ1) is 14.8. The van der Waals surface area contributed by atoms with Gasteiger partial charge in [-0.05, 0) is 48.9 Å². The summed E-state index contributed by atoms with van der Waals surface area (Å²) < 4.78 is 32.5. The van der Waals surface area contributed by atoms with Crippen molar-refractivity contribution in [2.45, 2.75) is 45.9 Å². The van der Waals surface area contributed by atoms with Crippen molar-refractivity contribution in [1.82, 2.24) is 13.8 Å². The molecule has 2 aromatic rings. The average molecular weight is 446 g/mol. The van der Waals surface area contributed by atoms with Gasteiger partial charge >= 0.3 is 0 Å². The third-order valence-electron chi connectivity index (χ3n) is 6.35. The summed E-state index contributed by atoms with van der Waals surface area (Å²) >= 11 is 0. The zero-order chi connectivity index (χ0) is 22.0. The van der Waals surface area contributed by atoms with Crippen LogP contribution in [0.2, 0.25) is 0 Å². The van der Waals surface area contributed by atoms with Crippen molar-refractivity contribution in [3.63, 3.8) is 0 Å². The van der Waals surface area contributed by atoms with E-state index in [-0.39, 0.29) is 11.5 Å². The standard InChI is InChI=1S/C23H31N3O4S/c1-3-26-21(16-24-14-19-6-4-5-7-20(19)15-24)8-9-22(23(26)27)30-17-18-10-12-25(13-11-18)31(2,28)29/h4-9,18H,3,10-17H2,1-2H3. The number of pyridine rings is 1. The molecule has 1 fully saturated rings. The number of nitrogens with zero attached hydrogens (tertiary/aromatic N) is 3. The Labute approximate surface area is 184 Å². The number of hydrogen-bond donors (Lipinski definition) is 0. The number of ether oxygens (including phenoxy) is 1. The number of aromatic nitrogens is 1. The fourth-order valence-electron chi connectivity index (χ4n) is 4.55. The largest absolute Gasteiger partial charge is 0.488 e. The highest BCUT2D eigenvalue weighted by atomic mass is 32.2. The van der Waals surface area contributed by atoms with E-state index >= 15 is 0 Å². The van der Waals surface area contributed by atoms with Crippen molar-refractivity contribution in [2.24, 2.45) is 5.92 Å². The van der Waals surface area contributed by atoms with E-state index in [1.165, 1.54) is 21.7 Å². The average Bonchev–Trinajstić information content (AvgIpc) is 3.15. The number of piperidine rings is 1. The predicted molar refractivity (Wildman–Crippen MR) is 120 cm³/mol. The highest BCUT2D eigenvalue weighted by Crippen LogP contribution is 2.24. The van der Waals surface area contributed by atoms with Crippen LogP contribution in [0.4, 0.5) is 0 Å². The second-order valence-corrected chi connectivity index (χ2v) is 10.6. The lowest BCUT2D eigenvalue weighted by atomic mass is 9.99. The van der Waals surface area contributed by atoms with Crippen LogP contribution in [0.1, 0.15) is 36.6 Å². The molecule has 1 aromatic carbocycles. The molecule has 0 spiro atoms. The van der Waals surface area contributed by atoms with Gasteiger partial charge in [-0.1, -0.05) is 24.3 Å². The van der Waals surface area contributed by atoms with Crippen LogP contribution in [0.25, 0.3) is 0 Å². The SMILES string of the molecule is CCn1c(CN2Cc3ccccc3C2)ccc(OCC2CCN(S(C)(=O)=O)CC2)c1=O. The lowest BCUT2D eigenvalue weighted by molar-refractivity contribution is 0.183. The van der Waals surface area contributed by atoms with Crippen LogP contribution in [0.15, 0.2) is 41.2 Å². The van der Waals surface area contributed by atoms with Crippen molar-refractivity contribution in [1.29, 1.82) is 0 Å². The van der Waals surface area contributed by atoms with E-state index in [1.807, 2.05) is 13.0 Å². The molecule has 3 heterocycles. The Hall–Kier alpha value is -2.16. The molecule has 0 saturated carbocycles. The van der Waals surface area contributed by atoms with Gasteiger partial charge in [0.2, 0.25) is 10.0 Å². The number of sulfonamides is 1. The molecule has 2 aliphatic heterocycles. The lowest BCUT2D eigenvalue weighted by Gasteiger charge is -2.30. The number of fused-ring (bicyclic) bond motifs is 1. The molecule has 0 N–H and O–H groups in total. The van der Waals surface area contributed by atoms with E-state index in [1.54, 1.807) is 10.6 Å². The summed E-state index contributed by atoms with van der Waals surface area (Å²) in [5.41, 5.74) is 3.61. The first kappa shape index (κ1) is 22.0. The molecule has 0 unspecified atom stereocenters. The van der Waals surface area contributed by atoms with Crippen molar-refractivity contribution in [2.75, 3.05) is 26.0 Å². The summed E-state index contributed by atoms with van der Waals surface area (Å²) in [6, 6.07) is 12.3. The summed E-state index contributed by atoms with van der Waals surface area (Å²) in [7, 11) is -3.13. The molecule has 0 radical (unpaired) electrons. The highest BCUT2D eigenvalue weighted by molar-refractivity contribution is 7.88. The van der Waals surface area contributed by atoms with Gasteiger partial charge in [0.1, 0.15) is 0 Å². The Balaban J connectivity index is 1.38. The third-order valence-corrected chi connectivity index (χ3v) is 7.66. The Bertz CT molecular complexity index is 1060. The molecule has 0 amide bonds. The molecule has 168 valence electrons. The maximum atomic E-state index is 13.0. The van der Waals surface area contributed by atoms with Crippen molar-refractivity contribution < 1.29 is 13.2 Å². The predicted octanol–water partition coefficient (Wildman–Crippen LogP) is 2.43. The quantitative estimate of drug-likeness (QED) is 0.655. The van der Waals surface area contributed by atoms with E-state index < -0.39 is 10.0 Å². The summed E-state index contributed by atoms with van der Waals surface area (Å²) in [6.07, 6.45) is 2.75. The van der Waals surface area contributed by atoms with Gasteiger partial charge in [0.25, 0.3) is 5.56 Å². The van der Waals surface area contributed by atoms with Gasteiger partial charge < -0.3 is 9.30 Å². The molecule has 8 heteroatoms. The van der Waals surface area contributed by atoms with Gasteiger partial charge in [-0.3, -0.25) is 9.69 Å². The molecule has 1 saturated heterocycles. The van der Waals surface area contributed by atoms with Crippen molar-refractivity contribution in [3.8, 4) is 5.75 Å². The Morgan fingerprint density at radius 2 is 1.68 bits per heavy atom. The molecular formula is C23H31N3O4S. The van der Waals surface area contributed by atoms with E-state index in [9.17, 15) is 13.2 Å². The second-order valence-electron chi connectivity index (χ2n) is 8.57. The van der Waals surface area contributed by atoms with E-state index in [0.29, 0.717) is 32.0 Å². The fourth-order valence-corrected chi connectivity index (χ4v) is 5.43. The van der Waals surface area contributed by atoms with Crippen molar-refractivity contribution in [3.05, 3.63) is 63.6 Å². The number of rotatable bonds is 7. The van der Waals surface area contributed by atoms with E-state index in [2.05, 4.69) is 29.2 Å². The Kier molecular flexibility index (Phi) is 6.50. The molecule has 0 bridgehead atoms. The first-order valence-corrected chi connectivity index (χ1v) is 12.8. The molecule has 0 aliphatic carbocycles. The minimum Gasteiger partial charge on any atom is -0.488 e. The van der Waals surface area contributed by atoms with E-state index in [0.717, 1.165) is 38.2 Å². The monoisotopic (exact) mass is 445 g/mol. The smallest absolute Gasteiger partial charge is 0.293 e. The molecule has 4 rings (SSSR count). The van der Waals surface area contributed by atoms with Crippen LogP contribution >= 0.6 is 0 Å². The van der Waals surface area contributed by atoms with Crippen LogP contribution < -0.4 is 10.3 Å². The lowest BCUT2D eigenvalue weighted by Crippen LogP contribution is -2.39.